The molecule has 2 saturated carbocycles. The molecule has 2 aliphatic rings. The average Bonchev–Trinajstić information content (AvgIpc) is 2.85. The first-order chi connectivity index (χ1) is 16.1. The molecule has 0 N–H and O–H groups in total. The van der Waals surface area contributed by atoms with Gasteiger partial charge in [0.05, 0.1) is 21.8 Å². The first kappa shape index (κ1) is 22.7. The molecular weight excluding hydrogens is 451 g/mol. The summed E-state index contributed by atoms with van der Waals surface area (Å²) in [6.45, 7) is 0. The molecule has 33 heavy (non-hydrogen) atoms. The monoisotopic (exact) mass is 480 g/mol. The molecule has 0 aliphatic heterocycles. The van der Waals surface area contributed by atoms with E-state index in [-0.39, 0.29) is 5.91 Å². The molecule has 3 aromatic rings. The third-order valence-electron chi connectivity index (χ3n) is 7.32. The normalized spacial score (nSPS) is 17.9. The molecule has 0 saturated heterocycles. The van der Waals surface area contributed by atoms with Crippen molar-refractivity contribution in [3.8, 4) is 11.3 Å². The highest BCUT2D eigenvalue weighted by molar-refractivity contribution is 6.36. The van der Waals surface area contributed by atoms with E-state index in [4.69, 9.17) is 28.2 Å². The van der Waals surface area contributed by atoms with Gasteiger partial charge in [0.15, 0.2) is 0 Å². The van der Waals surface area contributed by atoms with Crippen molar-refractivity contribution in [2.45, 2.75) is 76.3 Å². The first-order valence-corrected chi connectivity index (χ1v) is 13.1. The highest BCUT2D eigenvalue weighted by atomic mass is 35.5. The molecule has 172 valence electrons. The molecule has 0 atom stereocenters. The molecule has 3 nitrogen and oxygen atoms in total. The van der Waals surface area contributed by atoms with E-state index in [1.165, 1.54) is 38.5 Å². The summed E-state index contributed by atoms with van der Waals surface area (Å²) in [5, 5.41) is 2.04. The summed E-state index contributed by atoms with van der Waals surface area (Å²) in [7, 11) is 0. The molecule has 2 fully saturated rings. The number of carbonyl (C=O) groups is 1. The maximum Gasteiger partial charge on any atom is 0.255 e. The molecule has 2 aromatic carbocycles. The van der Waals surface area contributed by atoms with Gasteiger partial charge < -0.3 is 4.90 Å². The van der Waals surface area contributed by atoms with Gasteiger partial charge in [0.2, 0.25) is 0 Å². The zero-order valence-corrected chi connectivity index (χ0v) is 20.4. The lowest BCUT2D eigenvalue weighted by molar-refractivity contribution is 0.0450. The van der Waals surface area contributed by atoms with E-state index in [2.05, 4.69) is 4.90 Å². The minimum atomic E-state index is 0.152. The number of halogens is 2. The van der Waals surface area contributed by atoms with Crippen LogP contribution in [0.5, 0.6) is 0 Å². The van der Waals surface area contributed by atoms with Crippen LogP contribution in [-0.2, 0) is 0 Å². The Balaban J connectivity index is 1.62. The predicted molar refractivity (Wildman–Crippen MR) is 137 cm³/mol. The zero-order chi connectivity index (χ0) is 22.8. The Morgan fingerprint density at radius 1 is 0.818 bits per heavy atom. The van der Waals surface area contributed by atoms with Crippen molar-refractivity contribution >= 4 is 40.0 Å². The van der Waals surface area contributed by atoms with Crippen LogP contribution in [0.2, 0.25) is 10.0 Å². The SMILES string of the molecule is O=C(c1cc(-c2ccc(Cl)cc2Cl)nc2ccccc12)N(C1CCCCC1)C1CCCCC1. The molecule has 2 aliphatic carbocycles. The Labute approximate surface area is 206 Å². The first-order valence-electron chi connectivity index (χ1n) is 12.3. The lowest BCUT2D eigenvalue weighted by Crippen LogP contribution is -2.48. The van der Waals surface area contributed by atoms with Crippen LogP contribution in [0.3, 0.4) is 0 Å². The molecule has 1 heterocycles. The summed E-state index contributed by atoms with van der Waals surface area (Å²) >= 11 is 12.7. The van der Waals surface area contributed by atoms with Crippen LogP contribution in [0.15, 0.2) is 48.5 Å². The largest absolute Gasteiger partial charge is 0.333 e. The minimum absolute atomic E-state index is 0.152. The number of hydrogen-bond donors (Lipinski definition) is 0. The predicted octanol–water partition coefficient (Wildman–Crippen LogP) is 8.32. The molecular formula is C28H30Cl2N2O. The van der Waals surface area contributed by atoms with Crippen molar-refractivity contribution in [1.29, 1.82) is 0 Å². The van der Waals surface area contributed by atoms with Crippen LogP contribution in [0.25, 0.3) is 22.2 Å². The van der Waals surface area contributed by atoms with Gasteiger partial charge in [-0.1, -0.05) is 79.9 Å². The van der Waals surface area contributed by atoms with Crippen LogP contribution in [0.1, 0.15) is 74.6 Å². The second-order valence-electron chi connectivity index (χ2n) is 9.49. The number of carbonyl (C=O) groups excluding carboxylic acids is 1. The van der Waals surface area contributed by atoms with Crippen LogP contribution in [-0.4, -0.2) is 27.9 Å². The van der Waals surface area contributed by atoms with Crippen molar-refractivity contribution in [3.63, 3.8) is 0 Å². The van der Waals surface area contributed by atoms with Gasteiger partial charge >= 0.3 is 0 Å². The van der Waals surface area contributed by atoms with E-state index in [0.717, 1.165) is 47.7 Å². The van der Waals surface area contributed by atoms with Crippen molar-refractivity contribution in [2.75, 3.05) is 0 Å². The highest BCUT2D eigenvalue weighted by Gasteiger charge is 2.34. The van der Waals surface area contributed by atoms with Gasteiger partial charge in [0, 0.05) is 28.1 Å². The Bertz CT molecular complexity index is 1130. The smallest absolute Gasteiger partial charge is 0.255 e. The van der Waals surface area contributed by atoms with Gasteiger partial charge in [-0.3, -0.25) is 4.79 Å². The molecule has 1 aromatic heterocycles. The topological polar surface area (TPSA) is 33.2 Å². The van der Waals surface area contributed by atoms with E-state index in [0.29, 0.717) is 27.8 Å². The third-order valence-corrected chi connectivity index (χ3v) is 7.87. The van der Waals surface area contributed by atoms with Crippen molar-refractivity contribution in [2.24, 2.45) is 0 Å². The van der Waals surface area contributed by atoms with Crippen LogP contribution in [0, 0.1) is 0 Å². The summed E-state index contributed by atoms with van der Waals surface area (Å²) in [6, 6.07) is 16.0. The number of hydrogen-bond acceptors (Lipinski definition) is 2. The Morgan fingerprint density at radius 3 is 2.09 bits per heavy atom. The fourth-order valence-corrected chi connectivity index (χ4v) is 6.18. The van der Waals surface area contributed by atoms with E-state index >= 15 is 0 Å². The van der Waals surface area contributed by atoms with Gasteiger partial charge in [0.1, 0.15) is 0 Å². The Morgan fingerprint density at radius 2 is 1.45 bits per heavy atom. The van der Waals surface area contributed by atoms with Crippen molar-refractivity contribution in [3.05, 3.63) is 64.1 Å². The fraction of sp³-hybridized carbons (Fsp3) is 0.429. The lowest BCUT2D eigenvalue weighted by atomic mass is 9.87. The maximum atomic E-state index is 14.3. The van der Waals surface area contributed by atoms with E-state index in [9.17, 15) is 4.79 Å². The summed E-state index contributed by atoms with van der Waals surface area (Å²) in [6.07, 6.45) is 11.9. The van der Waals surface area contributed by atoms with Gasteiger partial charge in [-0.2, -0.15) is 0 Å². The third kappa shape index (κ3) is 4.76. The van der Waals surface area contributed by atoms with Crippen molar-refractivity contribution in [1.82, 2.24) is 9.88 Å². The second kappa shape index (κ2) is 10.0. The Kier molecular flexibility index (Phi) is 6.89. The summed E-state index contributed by atoms with van der Waals surface area (Å²) in [4.78, 5) is 21.5. The number of rotatable bonds is 4. The number of amides is 1. The Hall–Kier alpha value is -2.10. The zero-order valence-electron chi connectivity index (χ0n) is 18.9. The molecule has 0 bridgehead atoms. The molecule has 0 spiro atoms. The van der Waals surface area contributed by atoms with E-state index in [1.54, 1.807) is 6.07 Å². The number of para-hydroxylation sites is 1. The summed E-state index contributed by atoms with van der Waals surface area (Å²) < 4.78 is 0. The number of nitrogens with zero attached hydrogens (tertiary/aromatic N) is 2. The summed E-state index contributed by atoms with van der Waals surface area (Å²) in [5.41, 5.74) is 3.06. The van der Waals surface area contributed by atoms with Gasteiger partial charge in [0.25, 0.3) is 5.91 Å². The fourth-order valence-electron chi connectivity index (χ4n) is 5.67. The average molecular weight is 481 g/mol. The second-order valence-corrected chi connectivity index (χ2v) is 10.3. The molecule has 5 heteroatoms. The number of fused-ring (bicyclic) bond motifs is 1. The molecule has 0 unspecified atom stereocenters. The van der Waals surface area contributed by atoms with Crippen LogP contribution >= 0.6 is 23.2 Å². The van der Waals surface area contributed by atoms with Gasteiger partial charge in [-0.25, -0.2) is 4.98 Å². The molecule has 5 rings (SSSR count). The molecule has 1 amide bonds. The molecule has 0 radical (unpaired) electrons. The number of aromatic nitrogens is 1. The summed E-state index contributed by atoms with van der Waals surface area (Å²) in [5.74, 6) is 0.152. The minimum Gasteiger partial charge on any atom is -0.333 e. The highest BCUT2D eigenvalue weighted by Crippen LogP contribution is 2.35. The van der Waals surface area contributed by atoms with E-state index < -0.39 is 0 Å². The van der Waals surface area contributed by atoms with Crippen molar-refractivity contribution < 1.29 is 4.79 Å². The van der Waals surface area contributed by atoms with E-state index in [1.807, 2.05) is 42.5 Å². The van der Waals surface area contributed by atoms with Gasteiger partial charge in [-0.05, 0) is 56.0 Å². The standard InChI is InChI=1S/C28H30Cl2N2O/c29-19-15-16-23(25(30)17-19)27-18-24(22-13-7-8-14-26(22)31-27)28(33)32(20-9-3-1-4-10-20)21-11-5-2-6-12-21/h7-8,13-18,20-21H,1-6,9-12H2. The van der Waals surface area contributed by atoms with Crippen LogP contribution < -0.4 is 0 Å². The maximum absolute atomic E-state index is 14.3. The number of benzene rings is 2. The quantitative estimate of drug-likeness (QED) is 0.375. The lowest BCUT2D eigenvalue weighted by Gasteiger charge is -2.42. The number of pyridine rings is 1. The van der Waals surface area contributed by atoms with Crippen LogP contribution in [0.4, 0.5) is 0 Å². The van der Waals surface area contributed by atoms with Gasteiger partial charge in [-0.15, -0.1) is 0 Å².